The highest BCUT2D eigenvalue weighted by Crippen LogP contribution is 2.30. The van der Waals surface area contributed by atoms with Gasteiger partial charge in [-0.15, -0.1) is 0 Å². The minimum atomic E-state index is -0.527. The van der Waals surface area contributed by atoms with Crippen molar-refractivity contribution < 1.29 is 10.0 Å². The summed E-state index contributed by atoms with van der Waals surface area (Å²) in [6.45, 7) is 2.55. The summed E-state index contributed by atoms with van der Waals surface area (Å²) < 4.78 is 0. The molecule has 0 aliphatic carbocycles. The van der Waals surface area contributed by atoms with Crippen LogP contribution in [-0.4, -0.2) is 46.7 Å². The third kappa shape index (κ3) is 2.78. The van der Waals surface area contributed by atoms with Crippen LogP contribution in [0.4, 0.5) is 17.3 Å². The molecule has 17 heavy (non-hydrogen) atoms. The Hall–Kier alpha value is -1.96. The number of aromatic nitrogens is 2. The first-order chi connectivity index (χ1) is 8.15. The van der Waals surface area contributed by atoms with Gasteiger partial charge in [-0.25, -0.2) is 9.97 Å². The largest absolute Gasteiger partial charge is 0.395 e. The van der Waals surface area contributed by atoms with Crippen molar-refractivity contribution in [2.24, 2.45) is 0 Å². The normalized spacial score (nSPS) is 10.1. The molecule has 8 heteroatoms. The molecule has 0 spiro atoms. The number of hydrogen-bond donors (Lipinski definition) is 2. The van der Waals surface area contributed by atoms with Gasteiger partial charge in [-0.2, -0.15) is 0 Å². The summed E-state index contributed by atoms with van der Waals surface area (Å²) in [7, 11) is 1.56. The standard InChI is InChI=1S/C9H15N5O3/c1-3-13(4-5-15)9-7(14(16)17)8(10-2)11-6-12-9/h6,15H,3-5H2,1-2H3,(H,10,11,12). The van der Waals surface area contributed by atoms with Crippen LogP contribution in [-0.2, 0) is 0 Å². The molecule has 2 N–H and O–H groups in total. The number of aliphatic hydroxyl groups excluding tert-OH is 1. The van der Waals surface area contributed by atoms with Crippen LogP contribution in [0.5, 0.6) is 0 Å². The van der Waals surface area contributed by atoms with Crippen molar-refractivity contribution >= 4 is 17.3 Å². The van der Waals surface area contributed by atoms with Gasteiger partial charge in [0.2, 0.25) is 11.6 Å². The fourth-order valence-corrected chi connectivity index (χ4v) is 1.49. The highest BCUT2D eigenvalue weighted by atomic mass is 16.6. The van der Waals surface area contributed by atoms with Crippen molar-refractivity contribution in [3.63, 3.8) is 0 Å². The van der Waals surface area contributed by atoms with Gasteiger partial charge in [-0.1, -0.05) is 0 Å². The molecule has 0 bridgehead atoms. The zero-order chi connectivity index (χ0) is 12.8. The zero-order valence-electron chi connectivity index (χ0n) is 9.75. The summed E-state index contributed by atoms with van der Waals surface area (Å²) in [5, 5.41) is 22.6. The summed E-state index contributed by atoms with van der Waals surface area (Å²) >= 11 is 0. The van der Waals surface area contributed by atoms with Crippen molar-refractivity contribution in [3.05, 3.63) is 16.4 Å². The van der Waals surface area contributed by atoms with Gasteiger partial charge in [0.15, 0.2) is 0 Å². The Labute approximate surface area is 98.5 Å². The van der Waals surface area contributed by atoms with E-state index in [0.717, 1.165) is 0 Å². The minimum absolute atomic E-state index is 0.0934. The SMILES string of the molecule is CCN(CCO)c1ncnc(NC)c1[N+](=O)[O-]. The highest BCUT2D eigenvalue weighted by Gasteiger charge is 2.25. The lowest BCUT2D eigenvalue weighted by molar-refractivity contribution is -0.383. The summed E-state index contributed by atoms with van der Waals surface area (Å²) in [6.07, 6.45) is 1.26. The average Bonchev–Trinajstić information content (AvgIpc) is 2.34. The molecule has 0 saturated heterocycles. The molecule has 0 aromatic carbocycles. The number of likely N-dealkylation sites (N-methyl/N-ethyl adjacent to an activating group) is 1. The lowest BCUT2D eigenvalue weighted by Gasteiger charge is -2.20. The third-order valence-corrected chi connectivity index (χ3v) is 2.27. The fourth-order valence-electron chi connectivity index (χ4n) is 1.49. The molecule has 0 atom stereocenters. The number of anilines is 2. The van der Waals surface area contributed by atoms with Crippen molar-refractivity contribution in [2.75, 3.05) is 37.0 Å². The number of nitrogens with zero attached hydrogens (tertiary/aromatic N) is 4. The third-order valence-electron chi connectivity index (χ3n) is 2.27. The average molecular weight is 241 g/mol. The van der Waals surface area contributed by atoms with Gasteiger partial charge >= 0.3 is 5.69 Å². The lowest BCUT2D eigenvalue weighted by atomic mass is 10.3. The second kappa shape index (κ2) is 5.94. The van der Waals surface area contributed by atoms with Gasteiger partial charge in [-0.3, -0.25) is 10.1 Å². The van der Waals surface area contributed by atoms with E-state index in [4.69, 9.17) is 5.11 Å². The van der Waals surface area contributed by atoms with Crippen molar-refractivity contribution in [1.29, 1.82) is 0 Å². The van der Waals surface area contributed by atoms with Crippen LogP contribution in [0, 0.1) is 10.1 Å². The van der Waals surface area contributed by atoms with E-state index in [1.54, 1.807) is 11.9 Å². The Bertz CT molecular complexity index is 398. The highest BCUT2D eigenvalue weighted by molar-refractivity contribution is 5.70. The van der Waals surface area contributed by atoms with Gasteiger partial charge in [0, 0.05) is 20.1 Å². The van der Waals surface area contributed by atoms with Gasteiger partial charge in [0.25, 0.3) is 0 Å². The van der Waals surface area contributed by atoms with Crippen LogP contribution < -0.4 is 10.2 Å². The van der Waals surface area contributed by atoms with Crippen LogP contribution >= 0.6 is 0 Å². The minimum Gasteiger partial charge on any atom is -0.395 e. The second-order valence-electron chi connectivity index (χ2n) is 3.20. The molecule has 8 nitrogen and oxygen atoms in total. The molecule has 1 rings (SSSR count). The number of nitro groups is 1. The fraction of sp³-hybridized carbons (Fsp3) is 0.556. The second-order valence-corrected chi connectivity index (χ2v) is 3.20. The molecule has 0 aliphatic heterocycles. The predicted molar refractivity (Wildman–Crippen MR) is 63.2 cm³/mol. The van der Waals surface area contributed by atoms with Crippen LogP contribution in [0.3, 0.4) is 0 Å². The van der Waals surface area contributed by atoms with E-state index in [9.17, 15) is 10.1 Å². The van der Waals surface area contributed by atoms with E-state index in [1.807, 2.05) is 6.92 Å². The maximum Gasteiger partial charge on any atom is 0.353 e. The van der Waals surface area contributed by atoms with Gasteiger partial charge < -0.3 is 15.3 Å². The maximum atomic E-state index is 11.0. The molecule has 1 aromatic rings. The number of nitrogens with one attached hydrogen (secondary N) is 1. The summed E-state index contributed by atoms with van der Waals surface area (Å²) in [4.78, 5) is 19.8. The van der Waals surface area contributed by atoms with Crippen LogP contribution in [0.25, 0.3) is 0 Å². The predicted octanol–water partition coefficient (Wildman–Crippen LogP) is 0.245. The van der Waals surface area contributed by atoms with Gasteiger partial charge in [0.1, 0.15) is 6.33 Å². The first-order valence-electron chi connectivity index (χ1n) is 5.18. The molecule has 0 amide bonds. The Kier molecular flexibility index (Phi) is 4.58. The van der Waals surface area contributed by atoms with Crippen LogP contribution in [0.2, 0.25) is 0 Å². The topological polar surface area (TPSA) is 104 Å². The molecule has 1 aromatic heterocycles. The Balaban J connectivity index is 3.25. The van der Waals surface area contributed by atoms with E-state index >= 15 is 0 Å². The smallest absolute Gasteiger partial charge is 0.353 e. The van der Waals surface area contributed by atoms with Crippen molar-refractivity contribution in [2.45, 2.75) is 6.92 Å². The molecular weight excluding hydrogens is 226 g/mol. The molecule has 0 radical (unpaired) electrons. The number of hydrogen-bond acceptors (Lipinski definition) is 7. The molecular formula is C9H15N5O3. The number of rotatable bonds is 6. The Morgan fingerprint density at radius 2 is 2.29 bits per heavy atom. The zero-order valence-corrected chi connectivity index (χ0v) is 9.75. The van der Waals surface area contributed by atoms with E-state index in [0.29, 0.717) is 6.54 Å². The lowest BCUT2D eigenvalue weighted by Crippen LogP contribution is -2.28. The summed E-state index contributed by atoms with van der Waals surface area (Å²) in [6, 6.07) is 0. The summed E-state index contributed by atoms with van der Waals surface area (Å²) in [5.41, 5.74) is -0.176. The van der Waals surface area contributed by atoms with E-state index in [1.165, 1.54) is 6.33 Å². The monoisotopic (exact) mass is 241 g/mol. The van der Waals surface area contributed by atoms with Gasteiger partial charge in [-0.05, 0) is 6.92 Å². The van der Waals surface area contributed by atoms with Crippen molar-refractivity contribution in [3.8, 4) is 0 Å². The molecule has 0 unspecified atom stereocenters. The Morgan fingerprint density at radius 3 is 2.76 bits per heavy atom. The molecule has 94 valence electrons. The van der Waals surface area contributed by atoms with E-state index < -0.39 is 4.92 Å². The maximum absolute atomic E-state index is 11.0. The van der Waals surface area contributed by atoms with Gasteiger partial charge in [0.05, 0.1) is 11.5 Å². The first-order valence-corrected chi connectivity index (χ1v) is 5.18. The van der Waals surface area contributed by atoms with Crippen LogP contribution in [0.1, 0.15) is 6.92 Å². The quantitative estimate of drug-likeness (QED) is 0.543. The molecule has 0 aliphatic rings. The number of aliphatic hydroxyl groups is 1. The first kappa shape index (κ1) is 13.1. The molecule has 1 heterocycles. The Morgan fingerprint density at radius 1 is 1.59 bits per heavy atom. The van der Waals surface area contributed by atoms with E-state index in [-0.39, 0.29) is 30.5 Å². The van der Waals surface area contributed by atoms with Crippen molar-refractivity contribution in [1.82, 2.24) is 9.97 Å². The molecule has 0 saturated carbocycles. The summed E-state index contributed by atoms with van der Waals surface area (Å²) in [5.74, 6) is 0.377. The molecule has 0 fully saturated rings. The van der Waals surface area contributed by atoms with E-state index in [2.05, 4.69) is 15.3 Å². The van der Waals surface area contributed by atoms with Crippen LogP contribution in [0.15, 0.2) is 6.33 Å².